The van der Waals surface area contributed by atoms with Crippen LogP contribution >= 0.6 is 0 Å². The molecule has 0 spiro atoms. The van der Waals surface area contributed by atoms with Gasteiger partial charge in [0.1, 0.15) is 5.69 Å². The first-order valence-electron chi connectivity index (χ1n) is 9.95. The van der Waals surface area contributed by atoms with Crippen molar-refractivity contribution >= 4 is 17.3 Å². The second-order valence-electron chi connectivity index (χ2n) is 7.21. The summed E-state index contributed by atoms with van der Waals surface area (Å²) in [7, 11) is 1.59. The van der Waals surface area contributed by atoms with Crippen LogP contribution in [0.2, 0.25) is 0 Å². The van der Waals surface area contributed by atoms with E-state index in [1.807, 2.05) is 35.2 Å². The first kappa shape index (κ1) is 20.8. The number of amides is 1. The number of carbonyl (C=O) groups is 1. The first-order chi connectivity index (χ1) is 14.1. The Balaban J connectivity index is 1.86. The zero-order chi connectivity index (χ0) is 20.6. The fraction of sp³-hybridized carbons (Fsp3) is 0.409. The topological polar surface area (TPSA) is 75.9 Å². The van der Waals surface area contributed by atoms with E-state index < -0.39 is 4.92 Å². The van der Waals surface area contributed by atoms with Crippen LogP contribution in [-0.2, 0) is 11.3 Å². The molecule has 7 nitrogen and oxygen atoms in total. The molecule has 2 aromatic rings. The lowest BCUT2D eigenvalue weighted by molar-refractivity contribution is -0.384. The van der Waals surface area contributed by atoms with Gasteiger partial charge in [0.2, 0.25) is 0 Å². The van der Waals surface area contributed by atoms with Gasteiger partial charge in [-0.2, -0.15) is 0 Å². The summed E-state index contributed by atoms with van der Waals surface area (Å²) in [6.45, 7) is 2.84. The van der Waals surface area contributed by atoms with E-state index in [0.717, 1.165) is 37.9 Å². The Morgan fingerprint density at radius 1 is 1.14 bits per heavy atom. The van der Waals surface area contributed by atoms with Crippen molar-refractivity contribution in [3.63, 3.8) is 0 Å². The van der Waals surface area contributed by atoms with Crippen molar-refractivity contribution in [3.05, 3.63) is 69.8 Å². The maximum absolute atomic E-state index is 13.2. The molecule has 1 saturated heterocycles. The molecular formula is C22H27N3O4. The third kappa shape index (κ3) is 5.32. The maximum atomic E-state index is 13.2. The molecule has 7 heteroatoms. The number of benzene rings is 2. The summed E-state index contributed by atoms with van der Waals surface area (Å²) in [5.41, 5.74) is 1.91. The van der Waals surface area contributed by atoms with Crippen molar-refractivity contribution in [1.29, 1.82) is 0 Å². The number of hydrogen-bond acceptors (Lipinski definition) is 5. The lowest BCUT2D eigenvalue weighted by Gasteiger charge is -2.28. The standard InChI is InChI=1S/C22H27N3O4/c1-29-15-14-24(17-18-8-4-2-5-9-18)22(26)19-10-11-20(21(16-19)25(27)28)23-12-6-3-7-13-23/h2,4-5,8-11,16H,3,6-7,12-15,17H2,1H3. The number of piperidine rings is 1. The second kappa shape index (κ2) is 10.0. The maximum Gasteiger partial charge on any atom is 0.293 e. The highest BCUT2D eigenvalue weighted by Gasteiger charge is 2.25. The van der Waals surface area contributed by atoms with Crippen molar-refractivity contribution in [2.75, 3.05) is 38.3 Å². The number of hydrogen-bond donors (Lipinski definition) is 0. The highest BCUT2D eigenvalue weighted by atomic mass is 16.6. The fourth-order valence-corrected chi connectivity index (χ4v) is 3.65. The summed E-state index contributed by atoms with van der Waals surface area (Å²) in [5.74, 6) is -0.237. The molecule has 0 bridgehead atoms. The normalized spacial score (nSPS) is 13.9. The Kier molecular flexibility index (Phi) is 7.19. The van der Waals surface area contributed by atoms with Crippen molar-refractivity contribution in [2.24, 2.45) is 0 Å². The molecule has 1 heterocycles. The summed E-state index contributed by atoms with van der Waals surface area (Å²) in [6.07, 6.45) is 3.20. The van der Waals surface area contributed by atoms with Crippen molar-refractivity contribution in [3.8, 4) is 0 Å². The Morgan fingerprint density at radius 2 is 1.86 bits per heavy atom. The molecular weight excluding hydrogens is 370 g/mol. The van der Waals surface area contributed by atoms with E-state index >= 15 is 0 Å². The predicted molar refractivity (Wildman–Crippen MR) is 112 cm³/mol. The van der Waals surface area contributed by atoms with Crippen molar-refractivity contribution < 1.29 is 14.5 Å². The number of rotatable bonds is 8. The molecule has 1 aliphatic rings. The zero-order valence-electron chi connectivity index (χ0n) is 16.8. The zero-order valence-corrected chi connectivity index (χ0v) is 16.8. The third-order valence-electron chi connectivity index (χ3n) is 5.18. The van der Waals surface area contributed by atoms with Crippen LogP contribution in [0.5, 0.6) is 0 Å². The molecule has 0 aromatic heterocycles. The van der Waals surface area contributed by atoms with Gasteiger partial charge in [0.25, 0.3) is 11.6 Å². The Hall–Kier alpha value is -2.93. The van der Waals surface area contributed by atoms with E-state index in [4.69, 9.17) is 4.74 Å². The molecule has 0 unspecified atom stereocenters. The second-order valence-corrected chi connectivity index (χ2v) is 7.21. The van der Waals surface area contributed by atoms with Gasteiger partial charge in [-0.1, -0.05) is 30.3 Å². The van der Waals surface area contributed by atoms with Crippen molar-refractivity contribution in [1.82, 2.24) is 4.90 Å². The monoisotopic (exact) mass is 397 g/mol. The van der Waals surface area contributed by atoms with E-state index in [9.17, 15) is 14.9 Å². The van der Waals surface area contributed by atoms with Gasteiger partial charge >= 0.3 is 0 Å². The number of nitrogens with zero attached hydrogens (tertiary/aromatic N) is 3. The van der Waals surface area contributed by atoms with Crippen LogP contribution in [0.1, 0.15) is 35.2 Å². The number of anilines is 1. The molecule has 1 aliphatic heterocycles. The molecule has 0 N–H and O–H groups in total. The smallest absolute Gasteiger partial charge is 0.293 e. The van der Waals surface area contributed by atoms with Gasteiger partial charge in [-0.15, -0.1) is 0 Å². The molecule has 0 saturated carbocycles. The molecule has 154 valence electrons. The van der Waals surface area contributed by atoms with E-state index in [2.05, 4.69) is 0 Å². The molecule has 0 atom stereocenters. The highest BCUT2D eigenvalue weighted by Crippen LogP contribution is 2.31. The van der Waals surface area contributed by atoms with Gasteiger partial charge in [-0.3, -0.25) is 14.9 Å². The third-order valence-corrected chi connectivity index (χ3v) is 5.18. The minimum atomic E-state index is -0.391. The Morgan fingerprint density at radius 3 is 2.52 bits per heavy atom. The van der Waals surface area contributed by atoms with Crippen LogP contribution in [0.3, 0.4) is 0 Å². The summed E-state index contributed by atoms with van der Waals surface area (Å²) in [6, 6.07) is 14.5. The molecule has 29 heavy (non-hydrogen) atoms. The van der Waals surface area contributed by atoms with Crippen LogP contribution in [0.15, 0.2) is 48.5 Å². The van der Waals surface area contributed by atoms with Crippen LogP contribution in [-0.4, -0.2) is 49.1 Å². The molecule has 1 amide bonds. The average molecular weight is 397 g/mol. The number of ether oxygens (including phenoxy) is 1. The largest absolute Gasteiger partial charge is 0.383 e. The molecule has 1 fully saturated rings. The van der Waals surface area contributed by atoms with Gasteiger partial charge in [-0.25, -0.2) is 0 Å². The van der Waals surface area contributed by atoms with Gasteiger partial charge in [0.05, 0.1) is 11.5 Å². The number of methoxy groups -OCH3 is 1. The summed E-state index contributed by atoms with van der Waals surface area (Å²) in [4.78, 5) is 28.2. The molecule has 2 aromatic carbocycles. The van der Waals surface area contributed by atoms with Crippen LogP contribution in [0, 0.1) is 10.1 Å². The van der Waals surface area contributed by atoms with Gasteiger partial charge in [-0.05, 0) is 37.0 Å². The lowest BCUT2D eigenvalue weighted by Crippen LogP contribution is -2.34. The molecule has 0 radical (unpaired) electrons. The van der Waals surface area contributed by atoms with Crippen molar-refractivity contribution in [2.45, 2.75) is 25.8 Å². The van der Waals surface area contributed by atoms with E-state index in [0.29, 0.717) is 30.9 Å². The number of carbonyl (C=O) groups excluding carboxylic acids is 1. The SMILES string of the molecule is COCCN(Cc1ccccc1)C(=O)c1ccc(N2CCCCC2)c([N+](=O)[O-])c1. The van der Waals surface area contributed by atoms with E-state index in [-0.39, 0.29) is 11.6 Å². The van der Waals surface area contributed by atoms with Gasteiger partial charge in [0.15, 0.2) is 0 Å². The van der Waals surface area contributed by atoms with Crippen LogP contribution < -0.4 is 4.90 Å². The summed E-state index contributed by atoms with van der Waals surface area (Å²) in [5, 5.41) is 11.7. The minimum Gasteiger partial charge on any atom is -0.383 e. The van der Waals surface area contributed by atoms with E-state index in [1.165, 1.54) is 6.07 Å². The van der Waals surface area contributed by atoms with Crippen LogP contribution in [0.25, 0.3) is 0 Å². The fourth-order valence-electron chi connectivity index (χ4n) is 3.65. The lowest BCUT2D eigenvalue weighted by atomic mass is 10.1. The molecule has 0 aliphatic carbocycles. The molecule has 3 rings (SSSR count). The Labute approximate surface area is 171 Å². The predicted octanol–water partition coefficient (Wildman–Crippen LogP) is 3.87. The van der Waals surface area contributed by atoms with E-state index in [1.54, 1.807) is 24.1 Å². The average Bonchev–Trinajstić information content (AvgIpc) is 2.77. The van der Waals surface area contributed by atoms with Crippen LogP contribution in [0.4, 0.5) is 11.4 Å². The number of nitro benzene ring substituents is 1. The summed E-state index contributed by atoms with van der Waals surface area (Å²) < 4.78 is 5.15. The van der Waals surface area contributed by atoms with Gasteiger partial charge < -0.3 is 14.5 Å². The Bertz CT molecular complexity index is 835. The van der Waals surface area contributed by atoms with Gasteiger partial charge in [0, 0.05) is 44.9 Å². The highest BCUT2D eigenvalue weighted by molar-refractivity contribution is 5.95. The first-order valence-corrected chi connectivity index (χ1v) is 9.95. The minimum absolute atomic E-state index is 0.0100. The number of nitro groups is 1. The summed E-state index contributed by atoms with van der Waals surface area (Å²) >= 11 is 0. The quantitative estimate of drug-likeness (QED) is 0.499.